The largest absolute Gasteiger partial charge is 0.396 e. The highest BCUT2D eigenvalue weighted by atomic mass is 16.3. The molecule has 1 aliphatic rings. The number of anilines is 1. The normalized spacial score (nSPS) is 15.9. The molecule has 0 spiro atoms. The van der Waals surface area contributed by atoms with Gasteiger partial charge in [-0.05, 0) is 55.7 Å². The topological polar surface area (TPSA) is 64.6 Å². The number of rotatable bonds is 8. The van der Waals surface area contributed by atoms with Crippen LogP contribution in [0.1, 0.15) is 58.1 Å². The Morgan fingerprint density at radius 2 is 2.04 bits per heavy atom. The highest BCUT2D eigenvalue weighted by Gasteiger charge is 2.17. The van der Waals surface area contributed by atoms with Crippen molar-refractivity contribution < 1.29 is 9.90 Å². The Labute approximate surface area is 151 Å². The molecule has 0 radical (unpaired) electrons. The lowest BCUT2D eigenvalue weighted by Crippen LogP contribution is -2.37. The van der Waals surface area contributed by atoms with E-state index in [0.717, 1.165) is 31.5 Å². The van der Waals surface area contributed by atoms with Gasteiger partial charge in [0.15, 0.2) is 0 Å². The number of carbonyl (C=O) groups is 1. The molecule has 0 aromatic heterocycles. The van der Waals surface area contributed by atoms with Gasteiger partial charge in [-0.2, -0.15) is 0 Å². The summed E-state index contributed by atoms with van der Waals surface area (Å²) in [4.78, 5) is 14.5. The van der Waals surface area contributed by atoms with E-state index in [1.54, 1.807) is 0 Å². The van der Waals surface area contributed by atoms with Crippen LogP contribution in [-0.2, 0) is 0 Å². The summed E-state index contributed by atoms with van der Waals surface area (Å²) in [7, 11) is 0. The van der Waals surface area contributed by atoms with Crippen molar-refractivity contribution in [3.63, 3.8) is 0 Å². The van der Waals surface area contributed by atoms with Gasteiger partial charge < -0.3 is 20.6 Å². The number of hydrogen-bond acceptors (Lipinski definition) is 3. The second-order valence-electron chi connectivity index (χ2n) is 7.84. The Kier molecular flexibility index (Phi) is 7.12. The van der Waals surface area contributed by atoms with Crippen molar-refractivity contribution in [2.24, 2.45) is 5.41 Å². The summed E-state index contributed by atoms with van der Waals surface area (Å²) in [6, 6.07) is 8.28. The molecule has 3 N–H and O–H groups in total. The maximum Gasteiger partial charge on any atom is 0.315 e. The van der Waals surface area contributed by atoms with Crippen molar-refractivity contribution in [2.75, 3.05) is 31.1 Å². The number of aliphatic hydroxyl groups is 1. The van der Waals surface area contributed by atoms with Gasteiger partial charge in [-0.25, -0.2) is 4.79 Å². The van der Waals surface area contributed by atoms with Crippen LogP contribution in [0.2, 0.25) is 0 Å². The summed E-state index contributed by atoms with van der Waals surface area (Å²) in [5.74, 6) is 0. The predicted octanol–water partition coefficient (Wildman–Crippen LogP) is 3.45. The molecule has 140 valence electrons. The Bertz CT molecular complexity index is 554. The van der Waals surface area contributed by atoms with Crippen molar-refractivity contribution in [3.05, 3.63) is 29.8 Å². The van der Waals surface area contributed by atoms with Crippen LogP contribution in [0, 0.1) is 5.41 Å². The zero-order valence-electron chi connectivity index (χ0n) is 15.8. The Morgan fingerprint density at radius 1 is 1.32 bits per heavy atom. The van der Waals surface area contributed by atoms with Crippen LogP contribution in [0.25, 0.3) is 0 Å². The van der Waals surface area contributed by atoms with Gasteiger partial charge in [-0.3, -0.25) is 0 Å². The molecule has 1 aliphatic heterocycles. The maximum atomic E-state index is 12.1. The van der Waals surface area contributed by atoms with Crippen molar-refractivity contribution in [2.45, 2.75) is 52.5 Å². The van der Waals surface area contributed by atoms with Gasteiger partial charge >= 0.3 is 6.03 Å². The van der Waals surface area contributed by atoms with Gasteiger partial charge in [-0.15, -0.1) is 0 Å². The molecule has 2 amide bonds. The van der Waals surface area contributed by atoms with Crippen LogP contribution < -0.4 is 15.5 Å². The third-order valence-corrected chi connectivity index (χ3v) is 4.93. The standard InChI is InChI=1S/C20H33N3O2/c1-16(22-19(25)21-11-7-10-20(2,3)15-24)17-8-6-9-18(14-17)23-12-4-5-13-23/h6,8-9,14,16,24H,4-5,7,10-13,15H2,1-3H3,(H2,21,22,25). The minimum atomic E-state index is -0.138. The minimum Gasteiger partial charge on any atom is -0.396 e. The molecule has 0 bridgehead atoms. The van der Waals surface area contributed by atoms with E-state index in [1.165, 1.54) is 18.5 Å². The average molecular weight is 348 g/mol. The zero-order valence-corrected chi connectivity index (χ0v) is 15.8. The van der Waals surface area contributed by atoms with Gasteiger partial charge in [0.1, 0.15) is 0 Å². The van der Waals surface area contributed by atoms with E-state index in [0.29, 0.717) is 6.54 Å². The third-order valence-electron chi connectivity index (χ3n) is 4.93. The first-order valence-electron chi connectivity index (χ1n) is 9.41. The van der Waals surface area contributed by atoms with Gasteiger partial charge in [0, 0.05) is 31.9 Å². The van der Waals surface area contributed by atoms with Gasteiger partial charge in [0.05, 0.1) is 6.04 Å². The maximum absolute atomic E-state index is 12.1. The van der Waals surface area contributed by atoms with E-state index in [2.05, 4.69) is 39.8 Å². The number of nitrogens with one attached hydrogen (secondary N) is 2. The second-order valence-corrected chi connectivity index (χ2v) is 7.84. The fourth-order valence-corrected chi connectivity index (χ4v) is 3.15. The highest BCUT2D eigenvalue weighted by Crippen LogP contribution is 2.24. The predicted molar refractivity (Wildman–Crippen MR) is 103 cm³/mol. The molecule has 5 heteroatoms. The van der Waals surface area contributed by atoms with Crippen LogP contribution in [0.5, 0.6) is 0 Å². The summed E-state index contributed by atoms with van der Waals surface area (Å²) in [5.41, 5.74) is 2.29. The molecule has 2 rings (SSSR count). The van der Waals surface area contributed by atoms with E-state index in [1.807, 2.05) is 20.8 Å². The van der Waals surface area contributed by atoms with E-state index in [9.17, 15) is 9.90 Å². The summed E-state index contributed by atoms with van der Waals surface area (Å²) in [5, 5.41) is 15.2. The molecule has 0 saturated carbocycles. The van der Waals surface area contributed by atoms with E-state index < -0.39 is 0 Å². The molecular formula is C20H33N3O2. The first kappa shape index (κ1) is 19.6. The molecule has 1 saturated heterocycles. The molecular weight excluding hydrogens is 314 g/mol. The second kappa shape index (κ2) is 9.09. The number of aliphatic hydroxyl groups excluding tert-OH is 1. The minimum absolute atomic E-state index is 0.0311. The van der Waals surface area contributed by atoms with Crippen molar-refractivity contribution in [3.8, 4) is 0 Å². The first-order valence-corrected chi connectivity index (χ1v) is 9.41. The lowest BCUT2D eigenvalue weighted by Gasteiger charge is -2.22. The molecule has 25 heavy (non-hydrogen) atoms. The van der Waals surface area contributed by atoms with Gasteiger partial charge in [0.2, 0.25) is 0 Å². The van der Waals surface area contributed by atoms with Gasteiger partial charge in [-0.1, -0.05) is 26.0 Å². The number of amides is 2. The van der Waals surface area contributed by atoms with Crippen LogP contribution in [-0.4, -0.2) is 37.4 Å². The lowest BCUT2D eigenvalue weighted by molar-refractivity contribution is 0.148. The van der Waals surface area contributed by atoms with Crippen LogP contribution in [0.4, 0.5) is 10.5 Å². The quantitative estimate of drug-likeness (QED) is 0.631. The van der Waals surface area contributed by atoms with Crippen molar-refractivity contribution in [1.29, 1.82) is 0 Å². The summed E-state index contributed by atoms with van der Waals surface area (Å²) in [6.45, 7) is 9.10. The monoisotopic (exact) mass is 347 g/mol. The molecule has 1 heterocycles. The van der Waals surface area contributed by atoms with Crippen LogP contribution in [0.15, 0.2) is 24.3 Å². The number of carbonyl (C=O) groups excluding carboxylic acids is 1. The fourth-order valence-electron chi connectivity index (χ4n) is 3.15. The highest BCUT2D eigenvalue weighted by molar-refractivity contribution is 5.74. The molecule has 1 unspecified atom stereocenters. The summed E-state index contributed by atoms with van der Waals surface area (Å²) < 4.78 is 0. The molecule has 1 atom stereocenters. The first-order chi connectivity index (χ1) is 11.9. The van der Waals surface area contributed by atoms with Crippen LogP contribution in [0.3, 0.4) is 0 Å². The lowest BCUT2D eigenvalue weighted by atomic mass is 9.89. The van der Waals surface area contributed by atoms with E-state index in [4.69, 9.17) is 0 Å². The Hall–Kier alpha value is -1.75. The Balaban J connectivity index is 1.78. The average Bonchev–Trinajstić information content (AvgIpc) is 3.13. The zero-order chi connectivity index (χ0) is 18.3. The van der Waals surface area contributed by atoms with E-state index in [-0.39, 0.29) is 24.1 Å². The smallest absolute Gasteiger partial charge is 0.315 e. The summed E-state index contributed by atoms with van der Waals surface area (Å²) >= 11 is 0. The van der Waals surface area contributed by atoms with Crippen molar-refractivity contribution in [1.82, 2.24) is 10.6 Å². The van der Waals surface area contributed by atoms with E-state index >= 15 is 0 Å². The van der Waals surface area contributed by atoms with Crippen LogP contribution >= 0.6 is 0 Å². The molecule has 1 fully saturated rings. The summed E-state index contributed by atoms with van der Waals surface area (Å²) in [6.07, 6.45) is 4.26. The molecule has 1 aromatic carbocycles. The SMILES string of the molecule is CC(NC(=O)NCCCC(C)(C)CO)c1cccc(N2CCCC2)c1. The molecule has 1 aromatic rings. The van der Waals surface area contributed by atoms with Gasteiger partial charge in [0.25, 0.3) is 0 Å². The number of hydrogen-bond donors (Lipinski definition) is 3. The number of urea groups is 1. The third kappa shape index (κ3) is 6.24. The molecule has 5 nitrogen and oxygen atoms in total. The number of nitrogens with zero attached hydrogens (tertiary/aromatic N) is 1. The number of benzene rings is 1. The molecule has 0 aliphatic carbocycles. The fraction of sp³-hybridized carbons (Fsp3) is 0.650. The Morgan fingerprint density at radius 3 is 2.72 bits per heavy atom. The van der Waals surface area contributed by atoms with Crippen molar-refractivity contribution >= 4 is 11.7 Å².